The molecule has 8 nitrogen and oxygen atoms in total. The maximum Gasteiger partial charge on any atom is 0.276 e. The molecule has 2 aliphatic heterocycles. The monoisotopic (exact) mass is 419 g/mol. The molecule has 3 heterocycles. The summed E-state index contributed by atoms with van der Waals surface area (Å²) in [5.74, 6) is 1.37. The molecular weight excluding hydrogens is 394 g/mol. The Hall–Kier alpha value is -2.32. The van der Waals surface area contributed by atoms with E-state index in [1.807, 2.05) is 30.7 Å². The van der Waals surface area contributed by atoms with Gasteiger partial charge in [0.25, 0.3) is 5.91 Å². The molecule has 0 radical (unpaired) electrons. The average Bonchev–Trinajstić information content (AvgIpc) is 3.39. The lowest BCUT2D eigenvalue weighted by Gasteiger charge is -2.32. The van der Waals surface area contributed by atoms with Crippen molar-refractivity contribution in [1.29, 1.82) is 0 Å². The molecule has 156 valence electrons. The van der Waals surface area contributed by atoms with Crippen LogP contribution in [-0.4, -0.2) is 63.7 Å². The van der Waals surface area contributed by atoms with Crippen LogP contribution < -0.4 is 9.47 Å². The largest absolute Gasteiger partial charge is 0.454 e. The van der Waals surface area contributed by atoms with Gasteiger partial charge >= 0.3 is 0 Å². The summed E-state index contributed by atoms with van der Waals surface area (Å²) >= 11 is 6.44. The van der Waals surface area contributed by atoms with Gasteiger partial charge in [-0.2, -0.15) is 0 Å². The Morgan fingerprint density at radius 2 is 2.03 bits per heavy atom. The zero-order valence-electron chi connectivity index (χ0n) is 16.8. The number of benzene rings is 1. The van der Waals surface area contributed by atoms with Crippen LogP contribution in [0.5, 0.6) is 11.5 Å². The lowest BCUT2D eigenvalue weighted by molar-refractivity contribution is 0.0767. The van der Waals surface area contributed by atoms with Crippen LogP contribution in [0.15, 0.2) is 18.3 Å². The number of ether oxygens (including phenoxy) is 2. The highest BCUT2D eigenvalue weighted by Gasteiger charge is 2.26. The van der Waals surface area contributed by atoms with Crippen LogP contribution in [-0.2, 0) is 6.54 Å². The maximum atomic E-state index is 12.5. The fourth-order valence-corrected chi connectivity index (χ4v) is 4.15. The van der Waals surface area contributed by atoms with E-state index in [-0.39, 0.29) is 18.7 Å². The van der Waals surface area contributed by atoms with Crippen LogP contribution in [0, 0.1) is 0 Å². The minimum absolute atomic E-state index is 0.0685. The van der Waals surface area contributed by atoms with E-state index in [0.717, 1.165) is 43.8 Å². The molecule has 1 amide bonds. The average molecular weight is 420 g/mol. The number of likely N-dealkylation sites (tertiary alicyclic amines) is 1. The predicted molar refractivity (Wildman–Crippen MR) is 108 cm³/mol. The van der Waals surface area contributed by atoms with E-state index in [2.05, 4.69) is 15.2 Å². The van der Waals surface area contributed by atoms with Crippen molar-refractivity contribution in [3.8, 4) is 11.5 Å². The first kappa shape index (κ1) is 20.0. The molecule has 0 bridgehead atoms. The van der Waals surface area contributed by atoms with Crippen molar-refractivity contribution in [2.45, 2.75) is 39.3 Å². The Morgan fingerprint density at radius 1 is 1.28 bits per heavy atom. The Kier molecular flexibility index (Phi) is 5.91. The van der Waals surface area contributed by atoms with E-state index in [1.54, 1.807) is 11.1 Å². The predicted octanol–water partition coefficient (Wildman–Crippen LogP) is 2.98. The van der Waals surface area contributed by atoms with E-state index in [1.165, 1.54) is 0 Å². The number of carbonyl (C=O) groups is 1. The minimum atomic E-state index is -0.0685. The van der Waals surface area contributed by atoms with Gasteiger partial charge in [0.1, 0.15) is 0 Å². The van der Waals surface area contributed by atoms with Gasteiger partial charge in [-0.1, -0.05) is 16.8 Å². The Bertz CT molecular complexity index is 883. The lowest BCUT2D eigenvalue weighted by Crippen LogP contribution is -2.36. The summed E-state index contributed by atoms with van der Waals surface area (Å²) in [6.07, 6.45) is 3.84. The van der Waals surface area contributed by atoms with Crippen LogP contribution in [0.25, 0.3) is 0 Å². The molecule has 1 aromatic carbocycles. The van der Waals surface area contributed by atoms with Gasteiger partial charge in [-0.25, -0.2) is 4.68 Å². The van der Waals surface area contributed by atoms with Gasteiger partial charge in [0.05, 0.1) is 12.2 Å². The smallest absolute Gasteiger partial charge is 0.276 e. The number of amides is 1. The number of rotatable bonds is 6. The van der Waals surface area contributed by atoms with E-state index in [0.29, 0.717) is 29.6 Å². The van der Waals surface area contributed by atoms with E-state index in [9.17, 15) is 4.79 Å². The van der Waals surface area contributed by atoms with Crippen LogP contribution in [0.3, 0.4) is 0 Å². The van der Waals surface area contributed by atoms with Crippen LogP contribution in [0.4, 0.5) is 0 Å². The van der Waals surface area contributed by atoms with Crippen LogP contribution in [0.2, 0.25) is 5.02 Å². The molecule has 9 heteroatoms. The van der Waals surface area contributed by atoms with Gasteiger partial charge in [0.15, 0.2) is 17.2 Å². The molecule has 1 saturated heterocycles. The highest BCUT2D eigenvalue weighted by molar-refractivity contribution is 6.31. The van der Waals surface area contributed by atoms with Crippen molar-refractivity contribution in [2.24, 2.45) is 0 Å². The molecule has 0 aliphatic carbocycles. The fourth-order valence-electron chi connectivity index (χ4n) is 3.94. The SMILES string of the molecule is CCN(CC)C(=O)c1cn([C@H]2CCCN(Cc3cc4c(cc3Cl)OCO4)C2)nn1. The summed E-state index contributed by atoms with van der Waals surface area (Å²) in [6.45, 7) is 8.03. The summed E-state index contributed by atoms with van der Waals surface area (Å²) in [5, 5.41) is 9.05. The van der Waals surface area contributed by atoms with Crippen molar-refractivity contribution in [3.63, 3.8) is 0 Å². The molecule has 2 aliphatic rings. The number of aromatic nitrogens is 3. The summed E-state index contributed by atoms with van der Waals surface area (Å²) in [5.41, 5.74) is 1.43. The quantitative estimate of drug-likeness (QED) is 0.716. The second-order valence-corrected chi connectivity index (χ2v) is 7.80. The van der Waals surface area contributed by atoms with Crippen LogP contribution >= 0.6 is 11.6 Å². The number of carbonyl (C=O) groups excluding carboxylic acids is 1. The second-order valence-electron chi connectivity index (χ2n) is 7.39. The number of piperidine rings is 1. The van der Waals surface area contributed by atoms with Crippen molar-refractivity contribution in [3.05, 3.63) is 34.6 Å². The van der Waals surface area contributed by atoms with Gasteiger partial charge in [-0.05, 0) is 44.9 Å². The lowest BCUT2D eigenvalue weighted by atomic mass is 10.0. The normalized spacial score (nSPS) is 18.8. The molecule has 29 heavy (non-hydrogen) atoms. The van der Waals surface area contributed by atoms with Crippen molar-refractivity contribution in [2.75, 3.05) is 33.0 Å². The summed E-state index contributed by atoms with van der Waals surface area (Å²) in [7, 11) is 0. The zero-order chi connectivity index (χ0) is 20.4. The first-order chi connectivity index (χ1) is 14.1. The standard InChI is InChI=1S/C20H26ClN5O3/c1-3-25(4-2)20(27)17-12-26(23-22-17)15-6-5-7-24(11-15)10-14-8-18-19(9-16(14)21)29-13-28-18/h8-9,12,15H,3-7,10-11,13H2,1-2H3/t15-/m0/s1. The number of nitrogens with zero attached hydrogens (tertiary/aromatic N) is 5. The Labute approximate surface area is 175 Å². The van der Waals surface area contributed by atoms with Gasteiger partial charge in [0.2, 0.25) is 6.79 Å². The highest BCUT2D eigenvalue weighted by atomic mass is 35.5. The topological polar surface area (TPSA) is 72.7 Å². The first-order valence-corrected chi connectivity index (χ1v) is 10.5. The molecule has 1 atom stereocenters. The van der Waals surface area contributed by atoms with E-state index < -0.39 is 0 Å². The Morgan fingerprint density at radius 3 is 2.79 bits per heavy atom. The van der Waals surface area contributed by atoms with Gasteiger partial charge < -0.3 is 14.4 Å². The molecule has 1 fully saturated rings. The molecule has 0 spiro atoms. The van der Waals surface area contributed by atoms with Crippen molar-refractivity contribution >= 4 is 17.5 Å². The summed E-state index contributed by atoms with van der Waals surface area (Å²) in [4.78, 5) is 16.6. The number of hydrogen-bond acceptors (Lipinski definition) is 6. The van der Waals surface area contributed by atoms with Gasteiger partial charge in [-0.3, -0.25) is 9.69 Å². The molecule has 1 aromatic heterocycles. The number of hydrogen-bond donors (Lipinski definition) is 0. The van der Waals surface area contributed by atoms with E-state index >= 15 is 0 Å². The van der Waals surface area contributed by atoms with Gasteiger partial charge in [0, 0.05) is 37.3 Å². The summed E-state index contributed by atoms with van der Waals surface area (Å²) < 4.78 is 12.7. The van der Waals surface area contributed by atoms with E-state index in [4.69, 9.17) is 21.1 Å². The second kappa shape index (κ2) is 8.59. The summed E-state index contributed by atoms with van der Waals surface area (Å²) in [6, 6.07) is 3.97. The number of halogens is 1. The molecular formula is C20H26ClN5O3. The third-order valence-electron chi connectivity index (χ3n) is 5.57. The third kappa shape index (κ3) is 4.18. The van der Waals surface area contributed by atoms with Gasteiger partial charge in [-0.15, -0.1) is 5.10 Å². The molecule has 0 unspecified atom stereocenters. The first-order valence-electron chi connectivity index (χ1n) is 10.1. The zero-order valence-corrected chi connectivity index (χ0v) is 17.6. The van der Waals surface area contributed by atoms with Crippen molar-refractivity contribution in [1.82, 2.24) is 24.8 Å². The maximum absolute atomic E-state index is 12.5. The molecule has 4 rings (SSSR count). The minimum Gasteiger partial charge on any atom is -0.454 e. The van der Waals surface area contributed by atoms with Crippen molar-refractivity contribution < 1.29 is 14.3 Å². The number of fused-ring (bicyclic) bond motifs is 1. The highest BCUT2D eigenvalue weighted by Crippen LogP contribution is 2.37. The molecule has 2 aromatic rings. The molecule has 0 N–H and O–H groups in total. The third-order valence-corrected chi connectivity index (χ3v) is 5.92. The molecule has 0 saturated carbocycles. The van der Waals surface area contributed by atoms with Crippen LogP contribution in [0.1, 0.15) is 48.8 Å². The fraction of sp³-hybridized carbons (Fsp3) is 0.550. The Balaban J connectivity index is 1.43.